The first-order valence-corrected chi connectivity index (χ1v) is 13.1. The second-order valence-electron chi connectivity index (χ2n) is 12.1. The van der Waals surface area contributed by atoms with Crippen LogP contribution in [0.25, 0.3) is 0 Å². The maximum Gasteiger partial charge on any atom is 0.159 e. The molecule has 0 amide bonds. The van der Waals surface area contributed by atoms with Crippen LogP contribution in [0.2, 0.25) is 0 Å². The number of ether oxygens (including phenoxy) is 1. The topological polar surface area (TPSA) is 46.5 Å². The van der Waals surface area contributed by atoms with Gasteiger partial charge in [0, 0.05) is 18.2 Å². The second kappa shape index (κ2) is 8.24. The molecule has 4 fully saturated rings. The summed E-state index contributed by atoms with van der Waals surface area (Å²) >= 11 is 0. The highest BCUT2D eigenvalue weighted by molar-refractivity contribution is 5.94. The lowest BCUT2D eigenvalue weighted by Gasteiger charge is -2.61. The summed E-state index contributed by atoms with van der Waals surface area (Å²) in [4.78, 5) is 11.7. The molecule has 3 nitrogen and oxygen atoms in total. The van der Waals surface area contributed by atoms with Gasteiger partial charge in [-0.25, -0.2) is 0 Å². The molecule has 1 N–H and O–H groups in total. The number of carbonyl (C=O) groups excluding carboxylic acids is 1. The van der Waals surface area contributed by atoms with Crippen molar-refractivity contribution < 1.29 is 14.6 Å². The van der Waals surface area contributed by atoms with Crippen molar-refractivity contribution in [3.63, 3.8) is 0 Å². The van der Waals surface area contributed by atoms with Crippen LogP contribution < -0.4 is 0 Å². The van der Waals surface area contributed by atoms with Gasteiger partial charge in [0.1, 0.15) is 5.60 Å². The van der Waals surface area contributed by atoms with E-state index in [2.05, 4.69) is 25.7 Å². The number of fused-ring (bicyclic) bond motifs is 5. The van der Waals surface area contributed by atoms with Crippen LogP contribution in [-0.2, 0) is 4.74 Å². The quantitative estimate of drug-likeness (QED) is 0.444. The number of ketones is 1. The summed E-state index contributed by atoms with van der Waals surface area (Å²) < 4.78 is 5.94. The van der Waals surface area contributed by atoms with Gasteiger partial charge in [-0.3, -0.25) is 4.79 Å². The van der Waals surface area contributed by atoms with Crippen molar-refractivity contribution in [1.82, 2.24) is 0 Å². The van der Waals surface area contributed by atoms with E-state index in [9.17, 15) is 9.90 Å². The van der Waals surface area contributed by atoms with Crippen molar-refractivity contribution in [1.29, 1.82) is 0 Å². The van der Waals surface area contributed by atoms with Gasteiger partial charge in [-0.2, -0.15) is 0 Å². The van der Waals surface area contributed by atoms with Gasteiger partial charge >= 0.3 is 0 Å². The van der Waals surface area contributed by atoms with E-state index < -0.39 is 5.60 Å². The Kier molecular flexibility index (Phi) is 5.78. The summed E-state index contributed by atoms with van der Waals surface area (Å²) in [5.74, 6) is 9.41. The summed E-state index contributed by atoms with van der Waals surface area (Å²) in [5.41, 5.74) is 1.25. The first-order valence-electron chi connectivity index (χ1n) is 13.1. The van der Waals surface area contributed by atoms with Crippen LogP contribution in [0.3, 0.4) is 0 Å². The molecule has 4 aliphatic rings. The van der Waals surface area contributed by atoms with Crippen molar-refractivity contribution in [2.24, 2.45) is 34.5 Å². The summed E-state index contributed by atoms with van der Waals surface area (Å²) in [7, 11) is 1.90. The highest BCUT2D eigenvalue weighted by Crippen LogP contribution is 2.67. The Labute approximate surface area is 199 Å². The lowest BCUT2D eigenvalue weighted by Crippen LogP contribution is -2.56. The summed E-state index contributed by atoms with van der Waals surface area (Å²) in [6, 6.07) is 7.46. The van der Waals surface area contributed by atoms with Crippen LogP contribution in [-0.4, -0.2) is 29.7 Å². The molecule has 0 saturated heterocycles. The zero-order valence-electron chi connectivity index (χ0n) is 20.8. The number of hydrogen-bond donors (Lipinski definition) is 1. The largest absolute Gasteiger partial charge is 0.381 e. The second-order valence-corrected chi connectivity index (χ2v) is 12.1. The van der Waals surface area contributed by atoms with E-state index >= 15 is 0 Å². The molecule has 0 aromatic heterocycles. The molecule has 3 heteroatoms. The highest BCUT2D eigenvalue weighted by Gasteiger charge is 2.61. The molecule has 0 heterocycles. The molecular formula is C30H40O3. The third-order valence-electron chi connectivity index (χ3n) is 10.6. The maximum atomic E-state index is 11.7. The molecule has 0 aliphatic heterocycles. The number of rotatable bonds is 2. The predicted octanol–water partition coefficient (Wildman–Crippen LogP) is 6.03. The van der Waals surface area contributed by atoms with Gasteiger partial charge in [0.15, 0.2) is 5.78 Å². The molecule has 5 rings (SSSR count). The Hall–Kier alpha value is -1.63. The minimum Gasteiger partial charge on any atom is -0.381 e. The molecule has 0 unspecified atom stereocenters. The first kappa shape index (κ1) is 23.1. The van der Waals surface area contributed by atoms with Crippen molar-refractivity contribution in [3.05, 3.63) is 35.4 Å². The molecule has 178 valence electrons. The number of carbonyl (C=O) groups is 1. The van der Waals surface area contributed by atoms with Gasteiger partial charge in [-0.05, 0) is 111 Å². The smallest absolute Gasteiger partial charge is 0.159 e. The Balaban J connectivity index is 1.33. The molecule has 33 heavy (non-hydrogen) atoms. The number of methoxy groups -OCH3 is 1. The van der Waals surface area contributed by atoms with Gasteiger partial charge in [-0.1, -0.05) is 37.8 Å². The predicted molar refractivity (Wildman–Crippen MR) is 131 cm³/mol. The van der Waals surface area contributed by atoms with Crippen molar-refractivity contribution >= 4 is 5.78 Å². The fraction of sp³-hybridized carbons (Fsp3) is 0.700. The van der Waals surface area contributed by atoms with Crippen LogP contribution in [0.1, 0.15) is 94.5 Å². The number of Topliss-reactive ketones (excluding diaryl/α,β-unsaturated/α-hetero) is 1. The summed E-state index contributed by atoms with van der Waals surface area (Å²) in [6.07, 6.45) is 10.7. The van der Waals surface area contributed by atoms with Crippen LogP contribution in [0.4, 0.5) is 0 Å². The van der Waals surface area contributed by atoms with Crippen LogP contribution in [0, 0.1) is 46.3 Å². The van der Waals surface area contributed by atoms with Crippen LogP contribution >= 0.6 is 0 Å². The molecule has 1 aromatic rings. The molecule has 0 radical (unpaired) electrons. The van der Waals surface area contributed by atoms with E-state index in [0.29, 0.717) is 28.4 Å². The zero-order valence-corrected chi connectivity index (χ0v) is 20.8. The fourth-order valence-electron chi connectivity index (χ4n) is 8.70. The fourth-order valence-corrected chi connectivity index (χ4v) is 8.70. The Morgan fingerprint density at radius 1 is 1.03 bits per heavy atom. The van der Waals surface area contributed by atoms with Gasteiger partial charge < -0.3 is 9.84 Å². The van der Waals surface area contributed by atoms with E-state index in [-0.39, 0.29) is 5.78 Å². The Bertz CT molecular complexity index is 988. The standard InChI is InChI=1S/C30H40O3/c1-20(31)22-7-5-6-21(18-22)12-15-30(32)17-16-28(2)23(19-30)8-9-24-25-10-11-27(33-4)29(25,3)14-13-26(24)28/h5-7,18,23-27,32H,8-11,13-14,16-17,19H2,1-4H3/t23-,24+,25+,26+,27+,28+,29+,30-/m1/s1. The SMILES string of the molecule is CO[C@H]1CC[C@H]2[C@@H]3CC[C@@H]4C[C@@](O)(C#Cc5cccc(C(C)=O)c5)CC[C@]4(C)[C@H]3CC[C@]12C. The van der Waals surface area contributed by atoms with E-state index in [1.54, 1.807) is 6.92 Å². The Morgan fingerprint density at radius 2 is 1.82 bits per heavy atom. The minimum absolute atomic E-state index is 0.0465. The third-order valence-corrected chi connectivity index (χ3v) is 10.6. The highest BCUT2D eigenvalue weighted by atomic mass is 16.5. The van der Waals surface area contributed by atoms with Gasteiger partial charge in [0.2, 0.25) is 0 Å². The van der Waals surface area contributed by atoms with Gasteiger partial charge in [0.25, 0.3) is 0 Å². The Morgan fingerprint density at radius 3 is 2.58 bits per heavy atom. The maximum absolute atomic E-state index is 11.7. The van der Waals surface area contributed by atoms with E-state index in [1.165, 1.54) is 38.5 Å². The molecule has 8 atom stereocenters. The lowest BCUT2D eigenvalue weighted by atomic mass is 9.44. The van der Waals surface area contributed by atoms with Crippen molar-refractivity contribution in [2.45, 2.75) is 90.3 Å². The third kappa shape index (κ3) is 3.78. The van der Waals surface area contributed by atoms with E-state index in [4.69, 9.17) is 4.74 Å². The van der Waals surface area contributed by atoms with Crippen molar-refractivity contribution in [2.75, 3.05) is 7.11 Å². The molecule has 0 bridgehead atoms. The number of aliphatic hydroxyl groups is 1. The van der Waals surface area contributed by atoms with Gasteiger partial charge in [0.05, 0.1) is 6.10 Å². The molecule has 4 saturated carbocycles. The van der Waals surface area contributed by atoms with Gasteiger partial charge in [-0.15, -0.1) is 0 Å². The zero-order chi connectivity index (χ0) is 23.4. The van der Waals surface area contributed by atoms with E-state index in [1.807, 2.05) is 31.4 Å². The van der Waals surface area contributed by atoms with E-state index in [0.717, 1.165) is 42.6 Å². The molecule has 1 aromatic carbocycles. The lowest BCUT2D eigenvalue weighted by molar-refractivity contribution is -0.146. The minimum atomic E-state index is -0.916. The number of benzene rings is 1. The summed E-state index contributed by atoms with van der Waals surface area (Å²) in [5, 5.41) is 11.5. The molecule has 4 aliphatic carbocycles. The monoisotopic (exact) mass is 448 g/mol. The average Bonchev–Trinajstić information content (AvgIpc) is 3.15. The number of hydrogen-bond acceptors (Lipinski definition) is 3. The average molecular weight is 449 g/mol. The summed E-state index contributed by atoms with van der Waals surface area (Å²) in [6.45, 7) is 6.61. The van der Waals surface area contributed by atoms with Crippen LogP contribution in [0.15, 0.2) is 24.3 Å². The first-order chi connectivity index (χ1) is 15.7. The molecular weight excluding hydrogens is 408 g/mol. The normalized spacial score (nSPS) is 44.1. The van der Waals surface area contributed by atoms with Crippen LogP contribution in [0.5, 0.6) is 0 Å². The molecule has 0 spiro atoms. The van der Waals surface area contributed by atoms with Crippen molar-refractivity contribution in [3.8, 4) is 11.8 Å².